The van der Waals surface area contributed by atoms with Crippen molar-refractivity contribution in [2.45, 2.75) is 32.1 Å². The van der Waals surface area contributed by atoms with Gasteiger partial charge >= 0.3 is 0 Å². The van der Waals surface area contributed by atoms with E-state index >= 15 is 0 Å². The molecule has 2 nitrogen and oxygen atoms in total. The average Bonchev–Trinajstić information content (AvgIpc) is 1.84. The van der Waals surface area contributed by atoms with Gasteiger partial charge in [-0.05, 0) is 18.8 Å². The molecule has 0 N–H and O–H groups in total. The number of nitrogens with zero attached hydrogens (tertiary/aromatic N) is 1. The van der Waals surface area contributed by atoms with E-state index in [4.69, 9.17) is 0 Å². The van der Waals surface area contributed by atoms with Gasteiger partial charge in [0.2, 0.25) is 6.08 Å². The van der Waals surface area contributed by atoms with Crippen LogP contribution in [0.4, 0.5) is 0 Å². The van der Waals surface area contributed by atoms with Crippen molar-refractivity contribution in [3.63, 3.8) is 0 Å². The molecule has 1 saturated carbocycles. The molecule has 0 aromatic heterocycles. The molecule has 0 aliphatic heterocycles. The lowest BCUT2D eigenvalue weighted by atomic mass is 9.82. The highest BCUT2D eigenvalue weighted by Crippen LogP contribution is 2.30. The van der Waals surface area contributed by atoms with Gasteiger partial charge in [-0.3, -0.25) is 0 Å². The van der Waals surface area contributed by atoms with Crippen LogP contribution >= 0.6 is 0 Å². The van der Waals surface area contributed by atoms with Gasteiger partial charge in [0, 0.05) is 0 Å². The smallest absolute Gasteiger partial charge is 0.211 e. The highest BCUT2D eigenvalue weighted by molar-refractivity contribution is 5.32. The van der Waals surface area contributed by atoms with Crippen LogP contribution in [0.3, 0.4) is 0 Å². The van der Waals surface area contributed by atoms with Crippen molar-refractivity contribution in [1.29, 1.82) is 0 Å². The van der Waals surface area contributed by atoms with E-state index in [9.17, 15) is 4.79 Å². The summed E-state index contributed by atoms with van der Waals surface area (Å²) in [5, 5.41) is 0. The van der Waals surface area contributed by atoms with Crippen LogP contribution < -0.4 is 0 Å². The second kappa shape index (κ2) is 4.24. The van der Waals surface area contributed by atoms with Crippen molar-refractivity contribution in [2.75, 3.05) is 6.54 Å². The molecule has 0 amide bonds. The molecule has 0 saturated heterocycles. The lowest BCUT2D eigenvalue weighted by Gasteiger charge is -2.24. The van der Waals surface area contributed by atoms with E-state index < -0.39 is 0 Å². The summed E-state index contributed by atoms with van der Waals surface area (Å²) >= 11 is 0. The fourth-order valence-corrected chi connectivity index (χ4v) is 1.29. The summed E-state index contributed by atoms with van der Waals surface area (Å²) in [5.74, 6) is 0.946. The maximum Gasteiger partial charge on any atom is 0.234 e. The summed E-state index contributed by atoms with van der Waals surface area (Å²) in [6.45, 7) is 0.681. The molecular weight excluding hydrogens is 126 g/mol. The number of rotatable bonds is 4. The fraction of sp³-hybridized carbons (Fsp3) is 0.875. The Kier molecular flexibility index (Phi) is 3.17. The van der Waals surface area contributed by atoms with Crippen molar-refractivity contribution in [1.82, 2.24) is 0 Å². The molecule has 0 aromatic carbocycles. The maximum atomic E-state index is 9.64. The number of aliphatic imine (C=N–C) groups is 1. The van der Waals surface area contributed by atoms with Crippen LogP contribution in [0, 0.1) is 5.92 Å². The van der Waals surface area contributed by atoms with Gasteiger partial charge in [0.05, 0.1) is 6.54 Å². The molecule has 2 heteroatoms. The minimum atomic E-state index is 0.681. The molecule has 56 valence electrons. The summed E-state index contributed by atoms with van der Waals surface area (Å²) in [6, 6.07) is 0. The van der Waals surface area contributed by atoms with Crippen LogP contribution in [0.1, 0.15) is 32.1 Å². The summed E-state index contributed by atoms with van der Waals surface area (Å²) < 4.78 is 0. The van der Waals surface area contributed by atoms with Crippen molar-refractivity contribution in [3.8, 4) is 0 Å². The topological polar surface area (TPSA) is 29.4 Å². The van der Waals surface area contributed by atoms with Crippen molar-refractivity contribution < 1.29 is 4.79 Å². The quantitative estimate of drug-likeness (QED) is 0.332. The number of isocyanates is 1. The zero-order chi connectivity index (χ0) is 7.23. The van der Waals surface area contributed by atoms with E-state index in [1.807, 2.05) is 0 Å². The molecule has 0 aromatic rings. The van der Waals surface area contributed by atoms with Gasteiger partial charge in [0.15, 0.2) is 0 Å². The van der Waals surface area contributed by atoms with Crippen LogP contribution in [-0.4, -0.2) is 12.6 Å². The SMILES string of the molecule is O=C=NCCCC1CCC1. The van der Waals surface area contributed by atoms with Crippen LogP contribution in [0.25, 0.3) is 0 Å². The molecule has 1 aliphatic carbocycles. The standard InChI is InChI=1S/C8H13NO/c10-7-9-6-2-5-8-3-1-4-8/h8H,1-6H2. The Hall–Kier alpha value is -0.620. The van der Waals surface area contributed by atoms with Crippen molar-refractivity contribution in [3.05, 3.63) is 0 Å². The largest absolute Gasteiger partial charge is 0.234 e. The Balaban J connectivity index is 1.89. The molecule has 1 fully saturated rings. The first kappa shape index (κ1) is 7.49. The van der Waals surface area contributed by atoms with Crippen molar-refractivity contribution in [2.24, 2.45) is 10.9 Å². The lowest BCUT2D eigenvalue weighted by Crippen LogP contribution is -2.10. The second-order valence-corrected chi connectivity index (χ2v) is 2.91. The summed E-state index contributed by atoms with van der Waals surface area (Å²) in [4.78, 5) is 13.1. The van der Waals surface area contributed by atoms with E-state index in [0.29, 0.717) is 6.54 Å². The Morgan fingerprint density at radius 1 is 1.50 bits per heavy atom. The molecular formula is C8H13NO. The third-order valence-corrected chi connectivity index (χ3v) is 2.17. The average molecular weight is 139 g/mol. The molecule has 1 aliphatic rings. The van der Waals surface area contributed by atoms with Gasteiger partial charge in [-0.25, -0.2) is 9.79 Å². The Bertz CT molecular complexity index is 134. The van der Waals surface area contributed by atoms with Gasteiger partial charge in [0.1, 0.15) is 0 Å². The molecule has 0 bridgehead atoms. The Morgan fingerprint density at radius 2 is 2.30 bits per heavy atom. The normalized spacial score (nSPS) is 17.6. The fourth-order valence-electron chi connectivity index (χ4n) is 1.29. The van der Waals surface area contributed by atoms with E-state index in [2.05, 4.69) is 4.99 Å². The summed E-state index contributed by atoms with van der Waals surface area (Å²) in [7, 11) is 0. The Morgan fingerprint density at radius 3 is 2.80 bits per heavy atom. The highest BCUT2D eigenvalue weighted by atomic mass is 16.1. The van der Waals surface area contributed by atoms with Gasteiger partial charge in [0.25, 0.3) is 0 Å². The van der Waals surface area contributed by atoms with Gasteiger partial charge < -0.3 is 0 Å². The first-order valence-corrected chi connectivity index (χ1v) is 3.97. The predicted molar refractivity (Wildman–Crippen MR) is 39.6 cm³/mol. The number of hydrogen-bond donors (Lipinski definition) is 0. The highest BCUT2D eigenvalue weighted by Gasteiger charge is 2.15. The van der Waals surface area contributed by atoms with Gasteiger partial charge in [-0.1, -0.05) is 19.3 Å². The zero-order valence-corrected chi connectivity index (χ0v) is 6.18. The minimum Gasteiger partial charge on any atom is -0.211 e. The Labute approximate surface area is 61.3 Å². The van der Waals surface area contributed by atoms with E-state index in [1.165, 1.54) is 25.7 Å². The monoisotopic (exact) mass is 139 g/mol. The van der Waals surface area contributed by atoms with Crippen molar-refractivity contribution >= 4 is 6.08 Å². The molecule has 1 rings (SSSR count). The lowest BCUT2D eigenvalue weighted by molar-refractivity contribution is 0.291. The van der Waals surface area contributed by atoms with Crippen LogP contribution in [-0.2, 0) is 4.79 Å². The third kappa shape index (κ3) is 2.32. The molecule has 0 radical (unpaired) electrons. The van der Waals surface area contributed by atoms with E-state index in [0.717, 1.165) is 12.3 Å². The first-order valence-electron chi connectivity index (χ1n) is 3.97. The summed E-state index contributed by atoms with van der Waals surface area (Å²) in [5.41, 5.74) is 0. The predicted octanol–water partition coefficient (Wildman–Crippen LogP) is 1.90. The second-order valence-electron chi connectivity index (χ2n) is 2.91. The van der Waals surface area contributed by atoms with Gasteiger partial charge in [-0.2, -0.15) is 0 Å². The van der Waals surface area contributed by atoms with E-state index in [-0.39, 0.29) is 0 Å². The van der Waals surface area contributed by atoms with E-state index in [1.54, 1.807) is 6.08 Å². The third-order valence-electron chi connectivity index (χ3n) is 2.17. The zero-order valence-electron chi connectivity index (χ0n) is 6.18. The molecule has 0 heterocycles. The van der Waals surface area contributed by atoms with Gasteiger partial charge in [-0.15, -0.1) is 0 Å². The maximum absolute atomic E-state index is 9.64. The number of carbonyl (C=O) groups excluding carboxylic acids is 1. The molecule has 0 atom stereocenters. The number of hydrogen-bond acceptors (Lipinski definition) is 2. The van der Waals surface area contributed by atoms with Crippen LogP contribution in [0.15, 0.2) is 4.99 Å². The van der Waals surface area contributed by atoms with Crippen LogP contribution in [0.2, 0.25) is 0 Å². The summed E-state index contributed by atoms with van der Waals surface area (Å²) in [6.07, 6.45) is 8.07. The molecule has 0 spiro atoms. The molecule has 10 heavy (non-hydrogen) atoms. The molecule has 0 unspecified atom stereocenters. The first-order chi connectivity index (χ1) is 4.93. The minimum absolute atomic E-state index is 0.681. The van der Waals surface area contributed by atoms with Crippen LogP contribution in [0.5, 0.6) is 0 Å².